The molecule has 0 aromatic heterocycles. The lowest BCUT2D eigenvalue weighted by atomic mass is 10.0. The van der Waals surface area contributed by atoms with Crippen molar-refractivity contribution in [2.45, 2.75) is 34.2 Å². The summed E-state index contributed by atoms with van der Waals surface area (Å²) in [6.45, 7) is 8.39. The summed E-state index contributed by atoms with van der Waals surface area (Å²) < 4.78 is 5.32. The summed E-state index contributed by atoms with van der Waals surface area (Å²) in [6.07, 6.45) is 0. The van der Waals surface area contributed by atoms with Crippen LogP contribution < -0.4 is 10.1 Å². The van der Waals surface area contributed by atoms with Gasteiger partial charge in [0.15, 0.2) is 0 Å². The highest BCUT2D eigenvalue weighted by Crippen LogP contribution is 2.22. The van der Waals surface area contributed by atoms with E-state index in [1.165, 1.54) is 11.1 Å². The number of hydrogen-bond donors (Lipinski definition) is 1. The molecule has 0 fully saturated rings. The summed E-state index contributed by atoms with van der Waals surface area (Å²) in [5.41, 5.74) is 3.42. The van der Waals surface area contributed by atoms with E-state index in [0.717, 1.165) is 11.3 Å². The third-order valence-electron chi connectivity index (χ3n) is 2.87. The van der Waals surface area contributed by atoms with Crippen LogP contribution in [-0.2, 0) is 11.3 Å². The van der Waals surface area contributed by atoms with E-state index in [1.807, 2.05) is 26.8 Å². The Morgan fingerprint density at radius 2 is 1.88 bits per heavy atom. The molecule has 3 nitrogen and oxygen atoms in total. The van der Waals surface area contributed by atoms with Gasteiger partial charge in [-0.25, -0.2) is 0 Å². The van der Waals surface area contributed by atoms with Crippen molar-refractivity contribution >= 4 is 5.91 Å². The minimum Gasteiger partial charge on any atom is -0.496 e. The predicted octanol–water partition coefficient (Wildman–Crippen LogP) is 2.58. The molecule has 94 valence electrons. The van der Waals surface area contributed by atoms with Crippen LogP contribution in [0, 0.1) is 19.8 Å². The first-order valence-electron chi connectivity index (χ1n) is 5.87. The number of benzene rings is 1. The van der Waals surface area contributed by atoms with Crippen molar-refractivity contribution in [3.63, 3.8) is 0 Å². The number of aryl methyl sites for hydroxylation is 2. The van der Waals surface area contributed by atoms with Gasteiger partial charge < -0.3 is 10.1 Å². The summed E-state index contributed by atoms with van der Waals surface area (Å²) in [6, 6.07) is 4.07. The van der Waals surface area contributed by atoms with E-state index in [2.05, 4.69) is 18.3 Å². The molecule has 0 heterocycles. The zero-order valence-electron chi connectivity index (χ0n) is 11.3. The van der Waals surface area contributed by atoms with Gasteiger partial charge in [0.1, 0.15) is 5.75 Å². The number of nitrogens with one attached hydrogen (secondary N) is 1. The molecule has 3 heteroatoms. The molecule has 0 radical (unpaired) electrons. The predicted molar refractivity (Wildman–Crippen MR) is 69.2 cm³/mol. The molecule has 1 amide bonds. The maximum Gasteiger partial charge on any atom is 0.222 e. The van der Waals surface area contributed by atoms with Crippen LogP contribution in [0.25, 0.3) is 0 Å². The van der Waals surface area contributed by atoms with E-state index in [0.29, 0.717) is 6.54 Å². The van der Waals surface area contributed by atoms with E-state index >= 15 is 0 Å². The first kappa shape index (κ1) is 13.6. The zero-order chi connectivity index (χ0) is 13.0. The standard InChI is InChI=1S/C14H21NO2/c1-9(2)14(16)15-8-12-6-10(3)11(4)7-13(12)17-5/h6-7,9H,8H2,1-5H3,(H,15,16). The van der Waals surface area contributed by atoms with Crippen LogP contribution in [0.2, 0.25) is 0 Å². The first-order chi connectivity index (χ1) is 7.95. The molecular weight excluding hydrogens is 214 g/mol. The topological polar surface area (TPSA) is 38.3 Å². The van der Waals surface area contributed by atoms with Crippen molar-refractivity contribution in [2.24, 2.45) is 5.92 Å². The fraction of sp³-hybridized carbons (Fsp3) is 0.500. The number of methoxy groups -OCH3 is 1. The van der Waals surface area contributed by atoms with Crippen molar-refractivity contribution in [1.29, 1.82) is 0 Å². The Kier molecular flexibility index (Phi) is 4.55. The fourth-order valence-corrected chi connectivity index (χ4v) is 1.56. The highest BCUT2D eigenvalue weighted by Gasteiger charge is 2.09. The van der Waals surface area contributed by atoms with Crippen molar-refractivity contribution in [1.82, 2.24) is 5.32 Å². The second-order valence-corrected chi connectivity index (χ2v) is 4.62. The van der Waals surface area contributed by atoms with E-state index in [1.54, 1.807) is 7.11 Å². The lowest BCUT2D eigenvalue weighted by Gasteiger charge is -2.13. The molecule has 0 saturated carbocycles. The molecule has 0 spiro atoms. The lowest BCUT2D eigenvalue weighted by molar-refractivity contribution is -0.124. The summed E-state index contributed by atoms with van der Waals surface area (Å²) in [5, 5.41) is 2.90. The number of hydrogen-bond acceptors (Lipinski definition) is 2. The maximum atomic E-state index is 11.5. The molecule has 0 atom stereocenters. The van der Waals surface area contributed by atoms with E-state index in [4.69, 9.17) is 4.74 Å². The quantitative estimate of drug-likeness (QED) is 0.871. The highest BCUT2D eigenvalue weighted by molar-refractivity contribution is 5.77. The van der Waals surface area contributed by atoms with Crippen LogP contribution in [0.5, 0.6) is 5.75 Å². The summed E-state index contributed by atoms with van der Waals surface area (Å²) >= 11 is 0. The van der Waals surface area contributed by atoms with Crippen LogP contribution in [0.15, 0.2) is 12.1 Å². The van der Waals surface area contributed by atoms with Crippen LogP contribution in [0.4, 0.5) is 0 Å². The minimum absolute atomic E-state index is 0.00698. The molecule has 0 aliphatic heterocycles. The van der Waals surface area contributed by atoms with Gasteiger partial charge in [0, 0.05) is 18.0 Å². The average Bonchev–Trinajstić information content (AvgIpc) is 2.29. The Balaban J connectivity index is 2.83. The van der Waals surface area contributed by atoms with Crippen LogP contribution >= 0.6 is 0 Å². The Morgan fingerprint density at radius 3 is 2.41 bits per heavy atom. The van der Waals surface area contributed by atoms with Gasteiger partial charge in [-0.1, -0.05) is 19.9 Å². The molecule has 0 unspecified atom stereocenters. The molecule has 1 N–H and O–H groups in total. The Morgan fingerprint density at radius 1 is 1.29 bits per heavy atom. The second-order valence-electron chi connectivity index (χ2n) is 4.62. The van der Waals surface area contributed by atoms with Gasteiger partial charge >= 0.3 is 0 Å². The zero-order valence-corrected chi connectivity index (χ0v) is 11.3. The highest BCUT2D eigenvalue weighted by atomic mass is 16.5. The number of carbonyl (C=O) groups is 1. The Bertz CT molecular complexity index is 411. The molecule has 0 aliphatic carbocycles. The second kappa shape index (κ2) is 5.71. The Labute approximate surface area is 103 Å². The minimum atomic E-state index is 0.00698. The molecule has 1 aromatic rings. The van der Waals surface area contributed by atoms with Crippen LogP contribution in [-0.4, -0.2) is 13.0 Å². The number of ether oxygens (including phenoxy) is 1. The molecule has 0 bridgehead atoms. The van der Waals surface area contributed by atoms with E-state index < -0.39 is 0 Å². The third-order valence-corrected chi connectivity index (χ3v) is 2.87. The molecule has 0 saturated heterocycles. The summed E-state index contributed by atoms with van der Waals surface area (Å²) in [4.78, 5) is 11.5. The molecule has 1 rings (SSSR count). The molecule has 1 aromatic carbocycles. The van der Waals surface area contributed by atoms with E-state index in [9.17, 15) is 4.79 Å². The molecular formula is C14H21NO2. The number of rotatable bonds is 4. The van der Waals surface area contributed by atoms with Crippen molar-refractivity contribution in [3.8, 4) is 5.75 Å². The SMILES string of the molecule is COc1cc(C)c(C)cc1CNC(=O)C(C)C. The van der Waals surface area contributed by atoms with Crippen molar-refractivity contribution in [3.05, 3.63) is 28.8 Å². The van der Waals surface area contributed by atoms with E-state index in [-0.39, 0.29) is 11.8 Å². The van der Waals surface area contributed by atoms with Gasteiger partial charge in [-0.05, 0) is 31.0 Å². The van der Waals surface area contributed by atoms with Gasteiger partial charge in [0.25, 0.3) is 0 Å². The fourth-order valence-electron chi connectivity index (χ4n) is 1.56. The monoisotopic (exact) mass is 235 g/mol. The number of amides is 1. The normalized spacial score (nSPS) is 10.5. The number of carbonyl (C=O) groups excluding carboxylic acids is 1. The van der Waals surface area contributed by atoms with Gasteiger partial charge in [-0.3, -0.25) is 4.79 Å². The smallest absolute Gasteiger partial charge is 0.222 e. The average molecular weight is 235 g/mol. The first-order valence-corrected chi connectivity index (χ1v) is 5.87. The van der Waals surface area contributed by atoms with Crippen molar-refractivity contribution in [2.75, 3.05) is 7.11 Å². The maximum absolute atomic E-state index is 11.5. The summed E-state index contributed by atoms with van der Waals surface area (Å²) in [7, 11) is 1.65. The van der Waals surface area contributed by atoms with Gasteiger partial charge in [0.05, 0.1) is 7.11 Å². The third kappa shape index (κ3) is 3.48. The largest absolute Gasteiger partial charge is 0.496 e. The van der Waals surface area contributed by atoms with Gasteiger partial charge in [-0.15, -0.1) is 0 Å². The lowest BCUT2D eigenvalue weighted by Crippen LogP contribution is -2.27. The molecule has 17 heavy (non-hydrogen) atoms. The molecule has 0 aliphatic rings. The van der Waals surface area contributed by atoms with Crippen LogP contribution in [0.3, 0.4) is 0 Å². The Hall–Kier alpha value is -1.51. The van der Waals surface area contributed by atoms with Gasteiger partial charge in [0.2, 0.25) is 5.91 Å². The summed E-state index contributed by atoms with van der Waals surface area (Å²) in [5.74, 6) is 0.898. The van der Waals surface area contributed by atoms with Crippen LogP contribution in [0.1, 0.15) is 30.5 Å². The van der Waals surface area contributed by atoms with Crippen molar-refractivity contribution < 1.29 is 9.53 Å². The van der Waals surface area contributed by atoms with Gasteiger partial charge in [-0.2, -0.15) is 0 Å².